The first-order valence-electron chi connectivity index (χ1n) is 7.93. The van der Waals surface area contributed by atoms with Gasteiger partial charge in [-0.1, -0.05) is 0 Å². The van der Waals surface area contributed by atoms with E-state index < -0.39 is 4.92 Å². The fourth-order valence-corrected chi connectivity index (χ4v) is 2.72. The van der Waals surface area contributed by atoms with Gasteiger partial charge in [0.25, 0.3) is 11.2 Å². The van der Waals surface area contributed by atoms with Crippen LogP contribution in [0.5, 0.6) is 0 Å². The van der Waals surface area contributed by atoms with Gasteiger partial charge in [-0.25, -0.2) is 4.79 Å². The molecule has 0 spiro atoms. The molecule has 2 aromatic rings. The third-order valence-electron chi connectivity index (χ3n) is 4.29. The van der Waals surface area contributed by atoms with Crippen LogP contribution in [-0.2, 0) is 20.1 Å². The zero-order chi connectivity index (χ0) is 18.8. The van der Waals surface area contributed by atoms with Gasteiger partial charge in [0.05, 0.1) is 32.1 Å². The average Bonchev–Trinajstić information content (AvgIpc) is 2.52. The molecule has 0 aliphatic heterocycles. The molecule has 0 saturated heterocycles. The lowest BCUT2D eigenvalue weighted by Gasteiger charge is -2.30. The summed E-state index contributed by atoms with van der Waals surface area (Å²) in [6.45, 7) is 3.59. The largest absolute Gasteiger partial charge is 1.00 e. The lowest BCUT2D eigenvalue weighted by Crippen LogP contribution is -3.00. The Morgan fingerprint density at radius 2 is 1.73 bits per heavy atom. The van der Waals surface area contributed by atoms with Gasteiger partial charge in [-0.3, -0.25) is 24.0 Å². The molecular formula is C17H23BrN4O4. The monoisotopic (exact) mass is 426 g/mol. The predicted octanol–water partition coefficient (Wildman–Crippen LogP) is -1.96. The van der Waals surface area contributed by atoms with Crippen molar-refractivity contribution in [3.63, 3.8) is 0 Å². The fourth-order valence-electron chi connectivity index (χ4n) is 2.72. The Labute approximate surface area is 161 Å². The summed E-state index contributed by atoms with van der Waals surface area (Å²) in [5.74, 6) is 0. The summed E-state index contributed by atoms with van der Waals surface area (Å²) in [5.41, 5.74) is 1.07. The van der Waals surface area contributed by atoms with E-state index in [1.807, 2.05) is 14.1 Å². The van der Waals surface area contributed by atoms with Gasteiger partial charge in [-0.05, 0) is 19.1 Å². The highest BCUT2D eigenvalue weighted by Gasteiger charge is 2.18. The third-order valence-corrected chi connectivity index (χ3v) is 4.29. The van der Waals surface area contributed by atoms with Gasteiger partial charge < -0.3 is 21.5 Å². The van der Waals surface area contributed by atoms with Crippen LogP contribution in [0.4, 0.5) is 5.69 Å². The first-order valence-corrected chi connectivity index (χ1v) is 7.93. The molecule has 142 valence electrons. The number of non-ortho nitro benzene ring substituents is 1. The Morgan fingerprint density at radius 1 is 1.15 bits per heavy atom. The lowest BCUT2D eigenvalue weighted by atomic mass is 10.2. The van der Waals surface area contributed by atoms with E-state index in [1.54, 1.807) is 23.6 Å². The summed E-state index contributed by atoms with van der Waals surface area (Å²) in [7, 11) is 5.53. The van der Waals surface area contributed by atoms with E-state index in [4.69, 9.17) is 0 Å². The number of quaternary nitrogens is 1. The molecule has 26 heavy (non-hydrogen) atoms. The molecule has 8 nitrogen and oxygen atoms in total. The molecule has 0 fully saturated rings. The number of halogens is 1. The minimum atomic E-state index is -0.418. The SMILES string of the molecule is Cc1cc(=O)n(C)c(=O)n1CC[N+](C)(C)Cc1ccc([N+](=O)[O-])cc1.[Br-]. The Balaban J connectivity index is 0.00000338. The standard InChI is InChI=1S/C17H23N4O4.BrH/c1-13-11-16(22)18(2)17(23)19(13)9-10-21(3,4)12-14-5-7-15(8-6-14)20(24)25;/h5-8,11H,9-10,12H2,1-4H3;1H/q+1;/p-1. The van der Waals surface area contributed by atoms with Crippen LogP contribution in [0.2, 0.25) is 0 Å². The smallest absolute Gasteiger partial charge is 0.331 e. The molecule has 0 radical (unpaired) electrons. The molecule has 1 heterocycles. The summed E-state index contributed by atoms with van der Waals surface area (Å²) in [6, 6.07) is 7.95. The van der Waals surface area contributed by atoms with Crippen LogP contribution in [0, 0.1) is 17.0 Å². The second-order valence-corrected chi connectivity index (χ2v) is 6.86. The predicted molar refractivity (Wildman–Crippen MR) is 94.5 cm³/mol. The lowest BCUT2D eigenvalue weighted by molar-refractivity contribution is -0.904. The van der Waals surface area contributed by atoms with E-state index in [0.717, 1.165) is 10.1 Å². The molecule has 0 amide bonds. The first-order chi connectivity index (χ1) is 11.6. The van der Waals surface area contributed by atoms with E-state index >= 15 is 0 Å². The normalized spacial score (nSPS) is 11.1. The van der Waals surface area contributed by atoms with Crippen LogP contribution in [0.25, 0.3) is 0 Å². The van der Waals surface area contributed by atoms with Gasteiger partial charge in [0.1, 0.15) is 6.54 Å². The Bertz CT molecular complexity index is 900. The topological polar surface area (TPSA) is 87.1 Å². The van der Waals surface area contributed by atoms with Crippen molar-refractivity contribution in [1.82, 2.24) is 9.13 Å². The fraction of sp³-hybridized carbons (Fsp3) is 0.412. The van der Waals surface area contributed by atoms with Crippen LogP contribution >= 0.6 is 0 Å². The van der Waals surface area contributed by atoms with Crippen LogP contribution < -0.4 is 28.2 Å². The number of likely N-dealkylation sites (N-methyl/N-ethyl adjacent to an activating group) is 1. The highest BCUT2D eigenvalue weighted by molar-refractivity contribution is 5.32. The maximum atomic E-state index is 12.2. The van der Waals surface area contributed by atoms with Gasteiger partial charge in [0, 0.05) is 36.5 Å². The number of aromatic nitrogens is 2. The molecule has 0 aliphatic rings. The van der Waals surface area contributed by atoms with E-state index in [2.05, 4.69) is 0 Å². The van der Waals surface area contributed by atoms with Crippen molar-refractivity contribution in [2.75, 3.05) is 20.6 Å². The minimum Gasteiger partial charge on any atom is -1.00 e. The Kier molecular flexibility index (Phi) is 7.05. The number of hydrogen-bond donors (Lipinski definition) is 0. The minimum absolute atomic E-state index is 0. The number of nitro groups is 1. The molecular weight excluding hydrogens is 404 g/mol. The van der Waals surface area contributed by atoms with Crippen LogP contribution in [0.3, 0.4) is 0 Å². The zero-order valence-electron chi connectivity index (χ0n) is 15.3. The van der Waals surface area contributed by atoms with Gasteiger partial charge >= 0.3 is 5.69 Å². The van der Waals surface area contributed by atoms with E-state index in [0.29, 0.717) is 29.8 Å². The molecule has 1 aromatic heterocycles. The number of benzene rings is 1. The van der Waals surface area contributed by atoms with E-state index in [1.165, 1.54) is 25.2 Å². The molecule has 0 atom stereocenters. The van der Waals surface area contributed by atoms with Gasteiger partial charge in [0.15, 0.2) is 0 Å². The molecule has 0 bridgehead atoms. The van der Waals surface area contributed by atoms with E-state index in [-0.39, 0.29) is 33.9 Å². The maximum absolute atomic E-state index is 12.2. The number of nitrogens with zero attached hydrogens (tertiary/aromatic N) is 4. The highest BCUT2D eigenvalue weighted by atomic mass is 79.9. The van der Waals surface area contributed by atoms with Crippen molar-refractivity contribution in [3.8, 4) is 0 Å². The number of hydrogen-bond acceptors (Lipinski definition) is 4. The number of rotatable bonds is 6. The molecule has 9 heteroatoms. The zero-order valence-corrected chi connectivity index (χ0v) is 16.9. The summed E-state index contributed by atoms with van der Waals surface area (Å²) in [4.78, 5) is 34.2. The summed E-state index contributed by atoms with van der Waals surface area (Å²) in [6.07, 6.45) is 0. The molecule has 1 aromatic carbocycles. The maximum Gasteiger partial charge on any atom is 0.331 e. The van der Waals surface area contributed by atoms with Crippen LogP contribution in [0.1, 0.15) is 11.3 Å². The van der Waals surface area contributed by atoms with Gasteiger partial charge in [-0.15, -0.1) is 0 Å². The van der Waals surface area contributed by atoms with Crippen molar-refractivity contribution < 1.29 is 26.4 Å². The molecule has 2 rings (SSSR count). The highest BCUT2D eigenvalue weighted by Crippen LogP contribution is 2.15. The first kappa shape index (κ1) is 21.8. The van der Waals surface area contributed by atoms with Crippen LogP contribution in [-0.4, -0.2) is 39.2 Å². The van der Waals surface area contributed by atoms with Crippen LogP contribution in [0.15, 0.2) is 39.9 Å². The number of nitro benzene ring substituents is 1. The Hall–Kier alpha value is -2.26. The second-order valence-electron chi connectivity index (χ2n) is 6.86. The average molecular weight is 427 g/mol. The summed E-state index contributed by atoms with van der Waals surface area (Å²) < 4.78 is 3.30. The van der Waals surface area contributed by atoms with Crippen molar-refractivity contribution in [2.24, 2.45) is 7.05 Å². The van der Waals surface area contributed by atoms with E-state index in [9.17, 15) is 19.7 Å². The van der Waals surface area contributed by atoms with Crippen molar-refractivity contribution in [1.29, 1.82) is 0 Å². The van der Waals surface area contributed by atoms with Crippen molar-refractivity contribution in [3.05, 3.63) is 72.5 Å². The molecule has 0 unspecified atom stereocenters. The van der Waals surface area contributed by atoms with Gasteiger partial charge in [0.2, 0.25) is 0 Å². The molecule has 0 aliphatic carbocycles. The second kappa shape index (κ2) is 8.41. The van der Waals surface area contributed by atoms with Crippen molar-refractivity contribution >= 4 is 5.69 Å². The quantitative estimate of drug-likeness (QED) is 0.305. The molecule has 0 N–H and O–H groups in total. The van der Waals surface area contributed by atoms with Gasteiger partial charge in [-0.2, -0.15) is 0 Å². The Morgan fingerprint density at radius 3 is 2.27 bits per heavy atom. The third kappa shape index (κ3) is 5.12. The summed E-state index contributed by atoms with van der Waals surface area (Å²) in [5, 5.41) is 10.7. The number of aryl methyl sites for hydroxylation is 1. The molecule has 0 saturated carbocycles. The summed E-state index contributed by atoms with van der Waals surface area (Å²) >= 11 is 0. The van der Waals surface area contributed by atoms with Crippen molar-refractivity contribution in [2.45, 2.75) is 20.0 Å².